The standard InChI is InChI=1S/C18H29N3O2.ClH/c1-5-6-14-15(13(3)22)12(2)21-16(14)17(23)20-11-18(4)7-9-19-10-8-18;/h19,21H,5-11H2,1-4H3,(H,20,23);1H. The third kappa shape index (κ3) is 4.61. The number of amides is 1. The summed E-state index contributed by atoms with van der Waals surface area (Å²) in [4.78, 5) is 27.7. The SMILES string of the molecule is CCCc1c(C(=O)NCC2(C)CCNCC2)[nH]c(C)c1C(C)=O.Cl. The molecule has 0 saturated carbocycles. The van der Waals surface area contributed by atoms with Gasteiger partial charge >= 0.3 is 0 Å². The van der Waals surface area contributed by atoms with E-state index in [0.29, 0.717) is 17.8 Å². The van der Waals surface area contributed by atoms with Gasteiger partial charge in [0.25, 0.3) is 5.91 Å². The number of piperidine rings is 1. The lowest BCUT2D eigenvalue weighted by Gasteiger charge is -2.34. The molecule has 1 fully saturated rings. The van der Waals surface area contributed by atoms with Crippen molar-refractivity contribution in [3.63, 3.8) is 0 Å². The van der Waals surface area contributed by atoms with Crippen LogP contribution in [0, 0.1) is 12.3 Å². The van der Waals surface area contributed by atoms with Crippen LogP contribution in [0.15, 0.2) is 0 Å². The predicted molar refractivity (Wildman–Crippen MR) is 99.3 cm³/mol. The molecule has 6 heteroatoms. The Kier molecular flexibility index (Phi) is 7.49. The van der Waals surface area contributed by atoms with Crippen molar-refractivity contribution in [3.8, 4) is 0 Å². The number of aromatic nitrogens is 1. The van der Waals surface area contributed by atoms with Gasteiger partial charge in [0.05, 0.1) is 0 Å². The lowest BCUT2D eigenvalue weighted by atomic mass is 9.81. The Bertz CT molecular complexity index is 589. The molecule has 5 nitrogen and oxygen atoms in total. The minimum Gasteiger partial charge on any atom is -0.354 e. The number of carbonyl (C=O) groups is 2. The van der Waals surface area contributed by atoms with Gasteiger partial charge in [-0.15, -0.1) is 12.4 Å². The summed E-state index contributed by atoms with van der Waals surface area (Å²) in [6.45, 7) is 10.4. The summed E-state index contributed by atoms with van der Waals surface area (Å²) >= 11 is 0. The maximum atomic E-state index is 12.6. The van der Waals surface area contributed by atoms with E-state index < -0.39 is 0 Å². The Morgan fingerprint density at radius 3 is 2.42 bits per heavy atom. The van der Waals surface area contributed by atoms with Gasteiger partial charge in [0.15, 0.2) is 5.78 Å². The van der Waals surface area contributed by atoms with Gasteiger partial charge in [-0.25, -0.2) is 0 Å². The van der Waals surface area contributed by atoms with E-state index in [1.54, 1.807) is 6.92 Å². The Hall–Kier alpha value is -1.33. The molecule has 2 rings (SSSR count). The lowest BCUT2D eigenvalue weighted by Crippen LogP contribution is -2.43. The van der Waals surface area contributed by atoms with Crippen molar-refractivity contribution in [2.24, 2.45) is 5.41 Å². The topological polar surface area (TPSA) is 74.0 Å². The molecule has 0 unspecified atom stereocenters. The molecule has 1 saturated heterocycles. The number of Topliss-reactive ketones (excluding diaryl/α,β-unsaturated/α-hetero) is 1. The first-order valence-corrected chi connectivity index (χ1v) is 8.59. The molecule has 24 heavy (non-hydrogen) atoms. The van der Waals surface area contributed by atoms with Crippen molar-refractivity contribution in [1.29, 1.82) is 0 Å². The summed E-state index contributed by atoms with van der Waals surface area (Å²) in [5.74, 6) is -0.0737. The van der Waals surface area contributed by atoms with Crippen LogP contribution in [0.2, 0.25) is 0 Å². The molecule has 1 aliphatic rings. The van der Waals surface area contributed by atoms with Crippen LogP contribution in [0.4, 0.5) is 0 Å². The van der Waals surface area contributed by atoms with E-state index in [-0.39, 0.29) is 29.5 Å². The summed E-state index contributed by atoms with van der Waals surface area (Å²) < 4.78 is 0. The van der Waals surface area contributed by atoms with Crippen LogP contribution in [0.1, 0.15) is 72.1 Å². The van der Waals surface area contributed by atoms with E-state index in [4.69, 9.17) is 0 Å². The van der Waals surface area contributed by atoms with Crippen molar-refractivity contribution < 1.29 is 9.59 Å². The first-order valence-electron chi connectivity index (χ1n) is 8.59. The number of carbonyl (C=O) groups excluding carboxylic acids is 2. The van der Waals surface area contributed by atoms with E-state index in [1.807, 2.05) is 6.92 Å². The minimum atomic E-state index is -0.0937. The molecule has 0 spiro atoms. The molecule has 1 aliphatic heterocycles. The molecule has 2 heterocycles. The lowest BCUT2D eigenvalue weighted by molar-refractivity contribution is 0.0916. The molecule has 0 radical (unpaired) electrons. The molecule has 0 atom stereocenters. The number of hydrogen-bond donors (Lipinski definition) is 3. The van der Waals surface area contributed by atoms with Crippen molar-refractivity contribution >= 4 is 24.1 Å². The van der Waals surface area contributed by atoms with Gasteiger partial charge in [-0.05, 0) is 57.2 Å². The fraction of sp³-hybridized carbons (Fsp3) is 0.667. The highest BCUT2D eigenvalue weighted by atomic mass is 35.5. The molecular weight excluding hydrogens is 326 g/mol. The van der Waals surface area contributed by atoms with Crippen molar-refractivity contribution in [2.45, 2.75) is 53.4 Å². The highest BCUT2D eigenvalue weighted by Crippen LogP contribution is 2.27. The van der Waals surface area contributed by atoms with Gasteiger partial charge in [0.2, 0.25) is 0 Å². The zero-order valence-electron chi connectivity index (χ0n) is 15.2. The van der Waals surface area contributed by atoms with Crippen LogP contribution >= 0.6 is 12.4 Å². The molecule has 136 valence electrons. The third-order valence-corrected chi connectivity index (χ3v) is 4.86. The second-order valence-corrected chi connectivity index (χ2v) is 7.03. The van der Waals surface area contributed by atoms with Crippen molar-refractivity contribution in [2.75, 3.05) is 19.6 Å². The fourth-order valence-corrected chi connectivity index (χ4v) is 3.44. The van der Waals surface area contributed by atoms with E-state index >= 15 is 0 Å². The smallest absolute Gasteiger partial charge is 0.268 e. The van der Waals surface area contributed by atoms with Crippen LogP contribution in [-0.4, -0.2) is 36.3 Å². The Morgan fingerprint density at radius 2 is 1.88 bits per heavy atom. The summed E-state index contributed by atoms with van der Waals surface area (Å²) in [6, 6.07) is 0. The summed E-state index contributed by atoms with van der Waals surface area (Å²) in [5.41, 5.74) is 3.05. The van der Waals surface area contributed by atoms with E-state index in [1.165, 1.54) is 0 Å². The van der Waals surface area contributed by atoms with E-state index in [0.717, 1.165) is 50.0 Å². The molecule has 1 aromatic rings. The summed E-state index contributed by atoms with van der Waals surface area (Å²) in [6.07, 6.45) is 3.78. The van der Waals surface area contributed by atoms with Crippen LogP contribution in [0.3, 0.4) is 0 Å². The molecule has 1 aromatic heterocycles. The number of nitrogens with one attached hydrogen (secondary N) is 3. The van der Waals surface area contributed by atoms with Crippen LogP contribution in [0.5, 0.6) is 0 Å². The first kappa shape index (κ1) is 20.7. The molecular formula is C18H30ClN3O2. The molecule has 0 aromatic carbocycles. The van der Waals surface area contributed by atoms with Crippen molar-refractivity contribution in [3.05, 3.63) is 22.5 Å². The number of hydrogen-bond acceptors (Lipinski definition) is 3. The summed E-state index contributed by atoms with van der Waals surface area (Å²) in [5, 5.41) is 6.43. The Balaban J connectivity index is 0.00000288. The Labute approximate surface area is 150 Å². The first-order chi connectivity index (χ1) is 10.9. The average molecular weight is 356 g/mol. The second-order valence-electron chi connectivity index (χ2n) is 7.03. The van der Waals surface area contributed by atoms with E-state index in [2.05, 4.69) is 29.5 Å². The maximum absolute atomic E-state index is 12.6. The molecule has 0 bridgehead atoms. The zero-order chi connectivity index (χ0) is 17.0. The normalized spacial score (nSPS) is 16.3. The van der Waals surface area contributed by atoms with Gasteiger partial charge in [0, 0.05) is 17.8 Å². The molecule has 1 amide bonds. The Morgan fingerprint density at radius 1 is 1.25 bits per heavy atom. The highest BCUT2D eigenvalue weighted by Gasteiger charge is 2.28. The highest BCUT2D eigenvalue weighted by molar-refractivity contribution is 6.02. The number of H-pyrrole nitrogens is 1. The van der Waals surface area contributed by atoms with Gasteiger partial charge in [-0.2, -0.15) is 0 Å². The largest absolute Gasteiger partial charge is 0.354 e. The second kappa shape index (κ2) is 8.67. The summed E-state index contributed by atoms with van der Waals surface area (Å²) in [7, 11) is 0. The quantitative estimate of drug-likeness (QED) is 0.687. The average Bonchev–Trinajstić information content (AvgIpc) is 2.83. The van der Waals surface area contributed by atoms with Crippen molar-refractivity contribution in [1.82, 2.24) is 15.6 Å². The number of aromatic amines is 1. The predicted octanol–water partition coefficient (Wildman–Crippen LogP) is 3.02. The van der Waals surface area contributed by atoms with Gasteiger partial charge in [-0.1, -0.05) is 20.3 Å². The molecule has 0 aliphatic carbocycles. The molecule has 3 N–H and O–H groups in total. The number of ketones is 1. The number of halogens is 1. The minimum absolute atomic E-state index is 0. The van der Waals surface area contributed by atoms with Crippen LogP contribution in [-0.2, 0) is 6.42 Å². The third-order valence-electron chi connectivity index (χ3n) is 4.86. The number of rotatable bonds is 6. The van der Waals surface area contributed by atoms with Gasteiger partial charge < -0.3 is 15.6 Å². The zero-order valence-corrected chi connectivity index (χ0v) is 16.0. The monoisotopic (exact) mass is 355 g/mol. The maximum Gasteiger partial charge on any atom is 0.268 e. The fourth-order valence-electron chi connectivity index (χ4n) is 3.44. The van der Waals surface area contributed by atoms with E-state index in [9.17, 15) is 9.59 Å². The number of aryl methyl sites for hydroxylation is 1. The van der Waals surface area contributed by atoms with Gasteiger partial charge in [0.1, 0.15) is 5.69 Å². The van der Waals surface area contributed by atoms with Gasteiger partial charge in [-0.3, -0.25) is 9.59 Å². The van der Waals surface area contributed by atoms with Crippen LogP contribution < -0.4 is 10.6 Å². The van der Waals surface area contributed by atoms with Crippen LogP contribution in [0.25, 0.3) is 0 Å².